The lowest BCUT2D eigenvalue weighted by Crippen LogP contribution is -2.23. The average Bonchev–Trinajstić information content (AvgIpc) is 2.15. The molecule has 0 bridgehead atoms. The topological polar surface area (TPSA) is 34.1 Å². The van der Waals surface area contributed by atoms with Crippen LogP contribution in [0.15, 0.2) is 24.3 Å². The molecule has 2 nitrogen and oxygen atoms in total. The van der Waals surface area contributed by atoms with Gasteiger partial charge in [-0.3, -0.25) is 9.59 Å². The summed E-state index contributed by atoms with van der Waals surface area (Å²) in [6.45, 7) is 0. The van der Waals surface area contributed by atoms with E-state index in [4.69, 9.17) is 0 Å². The molecule has 1 aliphatic rings. The SMILES string of the molecule is O=C1CC(S)c2ccccc2C1=O. The van der Waals surface area contributed by atoms with Crippen LogP contribution in [0, 0.1) is 0 Å². The zero-order chi connectivity index (χ0) is 9.42. The van der Waals surface area contributed by atoms with Gasteiger partial charge in [-0.05, 0) is 5.56 Å². The number of hydrogen-bond donors (Lipinski definition) is 1. The number of benzene rings is 1. The highest BCUT2D eigenvalue weighted by Crippen LogP contribution is 2.31. The van der Waals surface area contributed by atoms with Crippen molar-refractivity contribution in [3.63, 3.8) is 0 Å². The fourth-order valence-electron chi connectivity index (χ4n) is 1.52. The van der Waals surface area contributed by atoms with Gasteiger partial charge in [-0.25, -0.2) is 0 Å². The highest BCUT2D eigenvalue weighted by Gasteiger charge is 2.29. The van der Waals surface area contributed by atoms with Gasteiger partial charge < -0.3 is 0 Å². The van der Waals surface area contributed by atoms with Gasteiger partial charge in [-0.2, -0.15) is 12.6 Å². The van der Waals surface area contributed by atoms with E-state index < -0.39 is 0 Å². The lowest BCUT2D eigenvalue weighted by Gasteiger charge is -2.18. The normalized spacial score (nSPS) is 21.5. The maximum Gasteiger partial charge on any atom is 0.228 e. The van der Waals surface area contributed by atoms with Crippen LogP contribution in [0.2, 0.25) is 0 Å². The molecule has 0 spiro atoms. The van der Waals surface area contributed by atoms with E-state index in [1.54, 1.807) is 12.1 Å². The zero-order valence-electron chi connectivity index (χ0n) is 6.86. The Balaban J connectivity index is 2.60. The molecule has 66 valence electrons. The first-order chi connectivity index (χ1) is 6.20. The summed E-state index contributed by atoms with van der Waals surface area (Å²) in [4.78, 5) is 22.5. The molecule has 0 aliphatic heterocycles. The molecule has 1 atom stereocenters. The predicted molar refractivity (Wildman–Crippen MR) is 52.1 cm³/mol. The quantitative estimate of drug-likeness (QED) is 0.502. The van der Waals surface area contributed by atoms with Crippen molar-refractivity contribution in [3.05, 3.63) is 35.4 Å². The summed E-state index contributed by atoms with van der Waals surface area (Å²) in [5, 5.41) is -0.124. The maximum atomic E-state index is 11.4. The minimum atomic E-state index is -0.374. The van der Waals surface area contributed by atoms with Crippen molar-refractivity contribution in [2.45, 2.75) is 11.7 Å². The molecule has 0 amide bonds. The van der Waals surface area contributed by atoms with Crippen molar-refractivity contribution in [1.82, 2.24) is 0 Å². The highest BCUT2D eigenvalue weighted by molar-refractivity contribution is 7.80. The number of thiol groups is 1. The fraction of sp³-hybridized carbons (Fsp3) is 0.200. The largest absolute Gasteiger partial charge is 0.290 e. The number of fused-ring (bicyclic) bond motifs is 1. The minimum absolute atomic E-state index is 0.124. The standard InChI is InChI=1S/C10H8O2S/c11-8-5-9(13)6-3-1-2-4-7(6)10(8)12/h1-4,9,13H,5H2. The van der Waals surface area contributed by atoms with Crippen LogP contribution in [-0.2, 0) is 4.79 Å². The third kappa shape index (κ3) is 1.29. The first kappa shape index (κ1) is 8.51. The number of carbonyl (C=O) groups is 2. The number of hydrogen-bond acceptors (Lipinski definition) is 3. The van der Waals surface area contributed by atoms with Gasteiger partial charge >= 0.3 is 0 Å². The van der Waals surface area contributed by atoms with E-state index in [0.29, 0.717) is 5.56 Å². The van der Waals surface area contributed by atoms with Crippen LogP contribution in [0.4, 0.5) is 0 Å². The smallest absolute Gasteiger partial charge is 0.228 e. The summed E-state index contributed by atoms with van der Waals surface area (Å²) in [7, 11) is 0. The van der Waals surface area contributed by atoms with Crippen LogP contribution in [0.5, 0.6) is 0 Å². The molecule has 0 saturated carbocycles. The van der Waals surface area contributed by atoms with E-state index >= 15 is 0 Å². The fourth-order valence-corrected chi connectivity index (χ4v) is 1.91. The Hall–Kier alpha value is -1.09. The molecule has 13 heavy (non-hydrogen) atoms. The summed E-state index contributed by atoms with van der Waals surface area (Å²) < 4.78 is 0. The number of carbonyl (C=O) groups excluding carboxylic acids is 2. The van der Waals surface area contributed by atoms with Crippen molar-refractivity contribution >= 4 is 24.2 Å². The third-order valence-electron chi connectivity index (χ3n) is 2.20. The van der Waals surface area contributed by atoms with Crippen molar-refractivity contribution in [2.24, 2.45) is 0 Å². The van der Waals surface area contributed by atoms with Gasteiger partial charge in [0.2, 0.25) is 11.6 Å². The molecule has 0 radical (unpaired) electrons. The van der Waals surface area contributed by atoms with Gasteiger partial charge in [0.15, 0.2) is 0 Å². The second-order valence-corrected chi connectivity index (χ2v) is 3.68. The second kappa shape index (κ2) is 3.00. The van der Waals surface area contributed by atoms with Gasteiger partial charge in [0, 0.05) is 17.2 Å². The Morgan fingerprint density at radius 1 is 1.23 bits per heavy atom. The van der Waals surface area contributed by atoms with Gasteiger partial charge in [-0.15, -0.1) is 0 Å². The molecule has 0 aromatic heterocycles. The summed E-state index contributed by atoms with van der Waals surface area (Å²) in [5.41, 5.74) is 1.38. The molecule has 3 heteroatoms. The van der Waals surface area contributed by atoms with Crippen LogP contribution in [0.1, 0.15) is 27.6 Å². The molecule has 0 fully saturated rings. The first-order valence-corrected chi connectivity index (χ1v) is 4.56. The van der Waals surface area contributed by atoms with Crippen LogP contribution in [0.3, 0.4) is 0 Å². The van der Waals surface area contributed by atoms with Crippen molar-refractivity contribution in [2.75, 3.05) is 0 Å². The molecule has 0 saturated heterocycles. The number of ketones is 2. The van der Waals surface area contributed by atoms with E-state index in [0.717, 1.165) is 5.56 Å². The summed E-state index contributed by atoms with van der Waals surface area (Å²) in [6, 6.07) is 7.14. The first-order valence-electron chi connectivity index (χ1n) is 4.04. The molecular weight excluding hydrogens is 184 g/mol. The van der Waals surface area contributed by atoms with Crippen molar-refractivity contribution in [1.29, 1.82) is 0 Å². The van der Waals surface area contributed by atoms with Crippen LogP contribution >= 0.6 is 12.6 Å². The summed E-state index contributed by atoms with van der Waals surface area (Å²) >= 11 is 4.27. The number of Topliss-reactive ketones (excluding diaryl/α,β-unsaturated/α-hetero) is 2. The van der Waals surface area contributed by atoms with E-state index in [1.807, 2.05) is 12.1 Å². The van der Waals surface area contributed by atoms with E-state index in [9.17, 15) is 9.59 Å². The molecule has 0 N–H and O–H groups in total. The van der Waals surface area contributed by atoms with Gasteiger partial charge in [-0.1, -0.05) is 24.3 Å². The average molecular weight is 192 g/mol. The van der Waals surface area contributed by atoms with Crippen LogP contribution < -0.4 is 0 Å². The van der Waals surface area contributed by atoms with E-state index in [-0.39, 0.29) is 23.2 Å². The van der Waals surface area contributed by atoms with Crippen LogP contribution in [-0.4, -0.2) is 11.6 Å². The third-order valence-corrected chi connectivity index (χ3v) is 2.66. The number of rotatable bonds is 0. The minimum Gasteiger partial charge on any atom is -0.290 e. The zero-order valence-corrected chi connectivity index (χ0v) is 7.75. The molecule has 1 aromatic carbocycles. The summed E-state index contributed by atoms with van der Waals surface area (Å²) in [6.07, 6.45) is 0.221. The molecule has 1 aliphatic carbocycles. The maximum absolute atomic E-state index is 11.4. The monoisotopic (exact) mass is 192 g/mol. The molecule has 1 aromatic rings. The van der Waals surface area contributed by atoms with Gasteiger partial charge in [0.25, 0.3) is 0 Å². The molecule has 0 heterocycles. The Kier molecular flexibility index (Phi) is 1.96. The van der Waals surface area contributed by atoms with E-state index in [2.05, 4.69) is 12.6 Å². The Morgan fingerprint density at radius 3 is 2.69 bits per heavy atom. The molecule has 2 rings (SSSR count). The Bertz CT molecular complexity index is 384. The van der Waals surface area contributed by atoms with Crippen LogP contribution in [0.25, 0.3) is 0 Å². The predicted octanol–water partition coefficient (Wildman–Crippen LogP) is 1.81. The molecular formula is C10H8O2S. The lowest BCUT2D eigenvalue weighted by molar-refractivity contribution is -0.115. The van der Waals surface area contributed by atoms with Crippen molar-refractivity contribution in [3.8, 4) is 0 Å². The van der Waals surface area contributed by atoms with Gasteiger partial charge in [0.05, 0.1) is 0 Å². The lowest BCUT2D eigenvalue weighted by atomic mass is 9.89. The highest BCUT2D eigenvalue weighted by atomic mass is 32.1. The van der Waals surface area contributed by atoms with Gasteiger partial charge in [0.1, 0.15) is 0 Å². The Morgan fingerprint density at radius 2 is 1.92 bits per heavy atom. The Labute approximate surface area is 81.4 Å². The summed E-state index contributed by atoms with van der Waals surface area (Å²) in [5.74, 6) is -0.709. The molecule has 1 unspecified atom stereocenters. The van der Waals surface area contributed by atoms with E-state index in [1.165, 1.54) is 0 Å². The van der Waals surface area contributed by atoms with Crippen molar-refractivity contribution < 1.29 is 9.59 Å². The second-order valence-electron chi connectivity index (χ2n) is 3.06.